The average molecular weight is 352 g/mol. The molecule has 2 N–H and O–H groups in total. The molecule has 0 aliphatic rings. The Morgan fingerprint density at radius 1 is 1.04 bits per heavy atom. The zero-order valence-corrected chi connectivity index (χ0v) is 15.0. The van der Waals surface area contributed by atoms with Crippen molar-refractivity contribution < 1.29 is 4.79 Å². The van der Waals surface area contributed by atoms with Crippen LogP contribution in [0.15, 0.2) is 65.8 Å². The third-order valence-corrected chi connectivity index (χ3v) is 4.74. The standard InChI is InChI=1S/C19H20N4OS/c1-13(25-19-20-14(2)22-23-19)18(24)21-17(15-9-5-3-6-10-15)16-11-7-4-8-12-16/h3-13,17H,1-2H3,(H,21,24)(H,20,22,23). The minimum Gasteiger partial charge on any atom is -0.344 e. The molecule has 1 amide bonds. The van der Waals surface area contributed by atoms with Crippen LogP contribution in [0.2, 0.25) is 0 Å². The third kappa shape index (κ3) is 4.48. The maximum Gasteiger partial charge on any atom is 0.234 e. The maximum absolute atomic E-state index is 12.7. The van der Waals surface area contributed by atoms with Crippen molar-refractivity contribution in [3.8, 4) is 0 Å². The Balaban J connectivity index is 1.76. The Kier molecular flexibility index (Phi) is 5.50. The summed E-state index contributed by atoms with van der Waals surface area (Å²) in [5, 5.41) is 10.3. The van der Waals surface area contributed by atoms with Gasteiger partial charge in [0.25, 0.3) is 0 Å². The fourth-order valence-electron chi connectivity index (χ4n) is 2.50. The van der Waals surface area contributed by atoms with Gasteiger partial charge in [0.2, 0.25) is 11.1 Å². The number of aryl methyl sites for hydroxylation is 1. The number of benzene rings is 2. The van der Waals surface area contributed by atoms with Gasteiger partial charge in [-0.25, -0.2) is 4.98 Å². The Bertz CT molecular complexity index is 780. The molecule has 6 heteroatoms. The minimum atomic E-state index is -0.301. The number of carbonyl (C=O) groups excluding carboxylic acids is 1. The van der Waals surface area contributed by atoms with Gasteiger partial charge in [-0.2, -0.15) is 0 Å². The van der Waals surface area contributed by atoms with Gasteiger partial charge in [0, 0.05) is 0 Å². The monoisotopic (exact) mass is 352 g/mol. The molecule has 0 saturated heterocycles. The van der Waals surface area contributed by atoms with Crippen LogP contribution < -0.4 is 5.32 Å². The van der Waals surface area contributed by atoms with E-state index in [1.807, 2.05) is 74.5 Å². The first-order valence-electron chi connectivity index (χ1n) is 8.09. The number of aromatic amines is 1. The second-order valence-corrected chi connectivity index (χ2v) is 7.03. The Morgan fingerprint density at radius 2 is 1.60 bits per heavy atom. The van der Waals surface area contributed by atoms with Crippen LogP contribution in [0.4, 0.5) is 0 Å². The van der Waals surface area contributed by atoms with Crippen molar-refractivity contribution in [1.82, 2.24) is 20.5 Å². The number of nitrogens with one attached hydrogen (secondary N) is 2. The van der Waals surface area contributed by atoms with Crippen molar-refractivity contribution >= 4 is 17.7 Å². The van der Waals surface area contributed by atoms with E-state index in [1.54, 1.807) is 0 Å². The highest BCUT2D eigenvalue weighted by molar-refractivity contribution is 8.00. The Morgan fingerprint density at radius 3 is 2.08 bits per heavy atom. The zero-order chi connectivity index (χ0) is 17.6. The van der Waals surface area contributed by atoms with Gasteiger partial charge in [-0.05, 0) is 25.0 Å². The van der Waals surface area contributed by atoms with E-state index < -0.39 is 0 Å². The van der Waals surface area contributed by atoms with Crippen molar-refractivity contribution in [2.24, 2.45) is 0 Å². The van der Waals surface area contributed by atoms with Crippen molar-refractivity contribution in [1.29, 1.82) is 0 Å². The zero-order valence-electron chi connectivity index (χ0n) is 14.1. The molecule has 3 rings (SSSR count). The normalized spacial score (nSPS) is 12.1. The lowest BCUT2D eigenvalue weighted by Crippen LogP contribution is -2.35. The van der Waals surface area contributed by atoms with Crippen LogP contribution >= 0.6 is 11.8 Å². The first-order chi connectivity index (χ1) is 12.1. The van der Waals surface area contributed by atoms with Crippen LogP contribution in [0, 0.1) is 6.92 Å². The number of H-pyrrole nitrogens is 1. The fraction of sp³-hybridized carbons (Fsp3) is 0.211. The molecule has 1 unspecified atom stereocenters. The largest absolute Gasteiger partial charge is 0.344 e. The summed E-state index contributed by atoms with van der Waals surface area (Å²) in [6.07, 6.45) is 0. The summed E-state index contributed by atoms with van der Waals surface area (Å²) in [6.45, 7) is 3.70. The predicted octanol–water partition coefficient (Wildman–Crippen LogP) is 3.50. The van der Waals surface area contributed by atoms with Crippen molar-refractivity contribution in [3.63, 3.8) is 0 Å². The number of carbonyl (C=O) groups is 1. The van der Waals surface area contributed by atoms with Crippen LogP contribution in [0.5, 0.6) is 0 Å². The van der Waals surface area contributed by atoms with Crippen LogP contribution in [0.3, 0.4) is 0 Å². The van der Waals surface area contributed by atoms with Crippen molar-refractivity contribution in [2.75, 3.05) is 0 Å². The van der Waals surface area contributed by atoms with Gasteiger partial charge in [-0.15, -0.1) is 5.10 Å². The van der Waals surface area contributed by atoms with E-state index in [9.17, 15) is 4.79 Å². The van der Waals surface area contributed by atoms with Crippen molar-refractivity contribution in [2.45, 2.75) is 30.3 Å². The lowest BCUT2D eigenvalue weighted by Gasteiger charge is -2.21. The Labute approximate surface area is 151 Å². The molecular formula is C19H20N4OS. The fourth-order valence-corrected chi connectivity index (χ4v) is 3.28. The molecule has 0 spiro atoms. The van der Waals surface area contributed by atoms with Gasteiger partial charge < -0.3 is 5.32 Å². The summed E-state index contributed by atoms with van der Waals surface area (Å²) in [7, 11) is 0. The van der Waals surface area contributed by atoms with Gasteiger partial charge in [-0.1, -0.05) is 72.4 Å². The quantitative estimate of drug-likeness (QED) is 0.666. The number of hydrogen-bond acceptors (Lipinski definition) is 4. The SMILES string of the molecule is Cc1nc(SC(C)C(=O)NC(c2ccccc2)c2ccccc2)n[nH]1. The summed E-state index contributed by atoms with van der Waals surface area (Å²) in [5.74, 6) is 0.687. The van der Waals surface area contributed by atoms with Crippen LogP contribution in [-0.2, 0) is 4.79 Å². The number of amides is 1. The summed E-state index contributed by atoms with van der Waals surface area (Å²) in [4.78, 5) is 17.0. The maximum atomic E-state index is 12.7. The second-order valence-electron chi connectivity index (χ2n) is 5.73. The highest BCUT2D eigenvalue weighted by atomic mass is 32.2. The molecule has 0 saturated carbocycles. The minimum absolute atomic E-state index is 0.0508. The molecule has 3 aromatic rings. The molecule has 0 bridgehead atoms. The van der Waals surface area contributed by atoms with E-state index >= 15 is 0 Å². The van der Waals surface area contributed by atoms with Crippen LogP contribution in [-0.4, -0.2) is 26.3 Å². The lowest BCUT2D eigenvalue weighted by atomic mass is 9.98. The van der Waals surface area contributed by atoms with Gasteiger partial charge in [0.1, 0.15) is 5.82 Å². The summed E-state index contributed by atoms with van der Waals surface area (Å²) in [5.41, 5.74) is 2.10. The number of nitrogens with zero attached hydrogens (tertiary/aromatic N) is 2. The van der Waals surface area contributed by atoms with E-state index in [0.29, 0.717) is 5.16 Å². The molecule has 2 aromatic carbocycles. The molecule has 25 heavy (non-hydrogen) atoms. The molecule has 0 aliphatic heterocycles. The van der Waals surface area contributed by atoms with Crippen LogP contribution in [0.1, 0.15) is 29.9 Å². The smallest absolute Gasteiger partial charge is 0.234 e. The number of thioether (sulfide) groups is 1. The highest BCUT2D eigenvalue weighted by Crippen LogP contribution is 2.24. The van der Waals surface area contributed by atoms with Gasteiger partial charge in [-0.3, -0.25) is 9.89 Å². The molecule has 0 fully saturated rings. The van der Waals surface area contributed by atoms with Crippen molar-refractivity contribution in [3.05, 3.63) is 77.6 Å². The first-order valence-corrected chi connectivity index (χ1v) is 8.97. The van der Waals surface area contributed by atoms with E-state index in [1.165, 1.54) is 11.8 Å². The number of rotatable bonds is 6. The first kappa shape index (κ1) is 17.2. The van der Waals surface area contributed by atoms with E-state index in [0.717, 1.165) is 17.0 Å². The molecule has 128 valence electrons. The molecule has 1 atom stereocenters. The molecule has 1 aromatic heterocycles. The molecule has 1 heterocycles. The van der Waals surface area contributed by atoms with E-state index in [2.05, 4.69) is 20.5 Å². The van der Waals surface area contributed by atoms with Gasteiger partial charge in [0.05, 0.1) is 11.3 Å². The number of aromatic nitrogens is 3. The predicted molar refractivity (Wildman–Crippen MR) is 99.3 cm³/mol. The molecule has 0 aliphatic carbocycles. The summed E-state index contributed by atoms with van der Waals surface area (Å²) >= 11 is 1.34. The highest BCUT2D eigenvalue weighted by Gasteiger charge is 2.22. The molecular weight excluding hydrogens is 332 g/mol. The topological polar surface area (TPSA) is 70.7 Å². The van der Waals surface area contributed by atoms with Crippen LogP contribution in [0.25, 0.3) is 0 Å². The lowest BCUT2D eigenvalue weighted by molar-refractivity contribution is -0.120. The summed E-state index contributed by atoms with van der Waals surface area (Å²) in [6, 6.07) is 19.8. The number of hydrogen-bond donors (Lipinski definition) is 2. The van der Waals surface area contributed by atoms with E-state index in [-0.39, 0.29) is 17.2 Å². The van der Waals surface area contributed by atoms with Gasteiger partial charge >= 0.3 is 0 Å². The summed E-state index contributed by atoms with van der Waals surface area (Å²) < 4.78 is 0. The second kappa shape index (κ2) is 7.98. The Hall–Kier alpha value is -2.60. The molecule has 0 radical (unpaired) electrons. The molecule has 5 nitrogen and oxygen atoms in total. The third-order valence-electron chi connectivity index (χ3n) is 3.78. The van der Waals surface area contributed by atoms with Gasteiger partial charge in [0.15, 0.2) is 0 Å². The average Bonchev–Trinajstić information content (AvgIpc) is 3.05. The van der Waals surface area contributed by atoms with E-state index in [4.69, 9.17) is 0 Å².